The molecule has 0 unspecified atom stereocenters. The molecule has 1 aliphatic heterocycles. The van der Waals surface area contributed by atoms with Gasteiger partial charge in [-0.25, -0.2) is 0 Å². The minimum atomic E-state index is -0.991. The first-order valence-corrected chi connectivity index (χ1v) is 3.48. The van der Waals surface area contributed by atoms with Crippen molar-refractivity contribution < 1.29 is 61.3 Å². The Balaban J connectivity index is 0.000000640. The van der Waals surface area contributed by atoms with E-state index in [9.17, 15) is 9.90 Å². The van der Waals surface area contributed by atoms with Crippen LogP contribution in [0.3, 0.4) is 0 Å². The minimum absolute atomic E-state index is 0. The number of carbonyl (C=O) groups excluding carboxylic acids is 1. The molecule has 9 heavy (non-hydrogen) atoms. The van der Waals surface area contributed by atoms with Crippen molar-refractivity contribution in [1.82, 2.24) is 5.32 Å². The summed E-state index contributed by atoms with van der Waals surface area (Å²) in [5.74, 6) is 0.385. The van der Waals surface area contributed by atoms with Crippen molar-refractivity contribution in [2.24, 2.45) is 0 Å². The molecule has 3 nitrogen and oxygen atoms in total. The monoisotopic (exact) mass is 171 g/mol. The Hall–Kier alpha value is 1.42. The summed E-state index contributed by atoms with van der Waals surface area (Å²) in [7, 11) is 0. The molecule has 1 rings (SSSR count). The zero-order valence-electron chi connectivity index (χ0n) is 5.22. The molecule has 0 aromatic rings. The van der Waals surface area contributed by atoms with E-state index < -0.39 is 12.0 Å². The van der Waals surface area contributed by atoms with Crippen LogP contribution in [-0.4, -0.2) is 23.6 Å². The third-order valence-corrected chi connectivity index (χ3v) is 1.94. The largest absolute Gasteiger partial charge is 1.00 e. The first kappa shape index (κ1) is 10.4. The van der Waals surface area contributed by atoms with Crippen LogP contribution in [0.5, 0.6) is 0 Å². The van der Waals surface area contributed by atoms with E-state index in [1.165, 1.54) is 0 Å². The summed E-state index contributed by atoms with van der Waals surface area (Å²) in [4.78, 5) is 10.0. The maximum Gasteiger partial charge on any atom is 1.00 e. The van der Waals surface area contributed by atoms with Gasteiger partial charge in [-0.3, -0.25) is 5.32 Å². The molecule has 0 aliphatic carbocycles. The van der Waals surface area contributed by atoms with Crippen molar-refractivity contribution in [2.75, 3.05) is 11.6 Å². The SMILES string of the molecule is O=C([O-])[C@@H]1CSCN1.[K+]. The second-order valence-electron chi connectivity index (χ2n) is 1.59. The summed E-state index contributed by atoms with van der Waals surface area (Å²) in [6.45, 7) is 0. The Bertz CT molecular complexity index is 105. The average Bonchev–Trinajstić information content (AvgIpc) is 2.12. The molecular weight excluding hydrogens is 165 g/mol. The molecule has 0 spiro atoms. The molecule has 0 radical (unpaired) electrons. The fourth-order valence-corrected chi connectivity index (χ4v) is 1.47. The number of carbonyl (C=O) groups is 1. The summed E-state index contributed by atoms with van der Waals surface area (Å²) < 4.78 is 0. The van der Waals surface area contributed by atoms with Gasteiger partial charge in [-0.2, -0.15) is 0 Å². The number of carboxylic acids is 1. The van der Waals surface area contributed by atoms with E-state index in [2.05, 4.69) is 5.32 Å². The molecule has 1 heterocycles. The second kappa shape index (κ2) is 5.12. The maximum absolute atomic E-state index is 10.0. The molecule has 46 valence electrons. The average molecular weight is 171 g/mol. The van der Waals surface area contributed by atoms with Gasteiger partial charge in [0.25, 0.3) is 0 Å². The third-order valence-electron chi connectivity index (χ3n) is 1.00. The summed E-state index contributed by atoms with van der Waals surface area (Å²) >= 11 is 1.58. The molecule has 0 aromatic carbocycles. The summed E-state index contributed by atoms with van der Waals surface area (Å²) in [5.41, 5.74) is 0. The van der Waals surface area contributed by atoms with Crippen LogP contribution < -0.4 is 61.8 Å². The van der Waals surface area contributed by atoms with Gasteiger partial charge in [0.2, 0.25) is 0 Å². The summed E-state index contributed by atoms with van der Waals surface area (Å²) in [6.07, 6.45) is 0. The predicted octanol–water partition coefficient (Wildman–Crippen LogP) is -4.60. The van der Waals surface area contributed by atoms with Crippen molar-refractivity contribution in [2.45, 2.75) is 6.04 Å². The number of thioether (sulfide) groups is 1. The maximum atomic E-state index is 10.0. The minimum Gasteiger partial charge on any atom is -0.548 e. The summed E-state index contributed by atoms with van der Waals surface area (Å²) in [6, 6.07) is -0.417. The Morgan fingerprint density at radius 2 is 2.44 bits per heavy atom. The van der Waals surface area contributed by atoms with Crippen molar-refractivity contribution in [3.8, 4) is 0 Å². The van der Waals surface area contributed by atoms with Crippen LogP contribution in [0.25, 0.3) is 0 Å². The van der Waals surface area contributed by atoms with E-state index in [0.29, 0.717) is 5.75 Å². The quantitative estimate of drug-likeness (QED) is 0.403. The normalized spacial score (nSPS) is 25.1. The van der Waals surface area contributed by atoms with Crippen LogP contribution in [0.4, 0.5) is 0 Å². The van der Waals surface area contributed by atoms with E-state index in [1.54, 1.807) is 11.8 Å². The Morgan fingerprint density at radius 1 is 1.78 bits per heavy atom. The standard InChI is InChI=1S/C4H7NO2S.K/c6-4(7)3-1-8-2-5-3;/h3,5H,1-2H2,(H,6,7);/q;+1/p-1/t3-;/m0./s1. The Labute approximate surface area is 100 Å². The number of nitrogens with one attached hydrogen (secondary N) is 1. The zero-order chi connectivity index (χ0) is 5.98. The topological polar surface area (TPSA) is 52.2 Å². The third kappa shape index (κ3) is 3.36. The second-order valence-corrected chi connectivity index (χ2v) is 2.62. The van der Waals surface area contributed by atoms with Crippen molar-refractivity contribution in [3.05, 3.63) is 0 Å². The summed E-state index contributed by atoms with van der Waals surface area (Å²) in [5, 5.41) is 12.8. The number of carboxylic acid groups (broad SMARTS) is 1. The number of aliphatic carboxylic acids is 1. The van der Waals surface area contributed by atoms with Gasteiger partial charge in [0.15, 0.2) is 0 Å². The van der Waals surface area contributed by atoms with Crippen LogP contribution in [-0.2, 0) is 4.79 Å². The van der Waals surface area contributed by atoms with Crippen LogP contribution in [0.1, 0.15) is 0 Å². The predicted molar refractivity (Wildman–Crippen MR) is 29.3 cm³/mol. The molecule has 0 amide bonds. The Morgan fingerprint density at radius 3 is 2.67 bits per heavy atom. The van der Waals surface area contributed by atoms with E-state index in [-0.39, 0.29) is 51.4 Å². The van der Waals surface area contributed by atoms with E-state index in [0.717, 1.165) is 5.88 Å². The molecule has 5 heteroatoms. The smallest absolute Gasteiger partial charge is 0.548 e. The van der Waals surface area contributed by atoms with Crippen LogP contribution in [0.2, 0.25) is 0 Å². The van der Waals surface area contributed by atoms with E-state index in [4.69, 9.17) is 0 Å². The number of hydrogen-bond donors (Lipinski definition) is 1. The van der Waals surface area contributed by atoms with Crippen LogP contribution in [0, 0.1) is 0 Å². The molecule has 0 aromatic heterocycles. The molecule has 1 fully saturated rings. The van der Waals surface area contributed by atoms with Gasteiger partial charge in [-0.1, -0.05) is 0 Å². The molecule has 1 aliphatic rings. The van der Waals surface area contributed by atoms with Gasteiger partial charge in [-0.15, -0.1) is 11.8 Å². The van der Waals surface area contributed by atoms with Gasteiger partial charge in [0.1, 0.15) is 0 Å². The van der Waals surface area contributed by atoms with Crippen molar-refractivity contribution in [1.29, 1.82) is 0 Å². The van der Waals surface area contributed by atoms with Crippen LogP contribution >= 0.6 is 11.8 Å². The van der Waals surface area contributed by atoms with Gasteiger partial charge < -0.3 is 9.90 Å². The fraction of sp³-hybridized carbons (Fsp3) is 0.750. The molecule has 0 saturated carbocycles. The first-order chi connectivity index (χ1) is 3.80. The van der Waals surface area contributed by atoms with E-state index in [1.807, 2.05) is 0 Å². The van der Waals surface area contributed by atoms with Gasteiger partial charge in [0, 0.05) is 11.6 Å². The van der Waals surface area contributed by atoms with Crippen molar-refractivity contribution in [3.63, 3.8) is 0 Å². The Kier molecular flexibility index (Phi) is 5.92. The molecule has 1 N–H and O–H groups in total. The van der Waals surface area contributed by atoms with Gasteiger partial charge in [-0.05, 0) is 0 Å². The van der Waals surface area contributed by atoms with Gasteiger partial charge >= 0.3 is 51.4 Å². The molecule has 1 atom stereocenters. The molecular formula is C4H6KNO2S. The number of hydrogen-bond acceptors (Lipinski definition) is 4. The fourth-order valence-electron chi connectivity index (χ4n) is 0.547. The van der Waals surface area contributed by atoms with Crippen LogP contribution in [0.15, 0.2) is 0 Å². The number of rotatable bonds is 1. The molecule has 1 saturated heterocycles. The first-order valence-electron chi connectivity index (χ1n) is 2.32. The van der Waals surface area contributed by atoms with E-state index >= 15 is 0 Å². The van der Waals surface area contributed by atoms with Gasteiger partial charge in [0.05, 0.1) is 12.0 Å². The zero-order valence-corrected chi connectivity index (χ0v) is 9.16. The molecule has 0 bridgehead atoms. The van der Waals surface area contributed by atoms with Crippen molar-refractivity contribution >= 4 is 17.7 Å².